The Labute approximate surface area is 136 Å². The van der Waals surface area contributed by atoms with E-state index in [-0.39, 0.29) is 5.92 Å². The molecule has 0 bridgehead atoms. The lowest BCUT2D eigenvalue weighted by Gasteiger charge is -2.10. The minimum Gasteiger partial charge on any atom is -0.391 e. The quantitative estimate of drug-likeness (QED) is 0.784. The number of aliphatic hydroxyl groups excluding tert-OH is 1. The number of hydrogen-bond donors (Lipinski definition) is 1. The molecule has 1 N–H and O–H groups in total. The van der Waals surface area contributed by atoms with E-state index in [2.05, 4.69) is 30.0 Å². The fourth-order valence-electron chi connectivity index (χ4n) is 2.49. The van der Waals surface area contributed by atoms with Crippen molar-refractivity contribution in [1.29, 1.82) is 0 Å². The number of hydrogen-bond acceptors (Lipinski definition) is 4. The van der Waals surface area contributed by atoms with Crippen molar-refractivity contribution in [3.05, 3.63) is 42.4 Å². The fraction of sp³-hybridized carbons (Fsp3) is 0.389. The smallest absolute Gasteiger partial charge is 0.158 e. The monoisotopic (exact) mass is 310 g/mol. The van der Waals surface area contributed by atoms with Gasteiger partial charge in [-0.15, -0.1) is 0 Å². The van der Waals surface area contributed by atoms with E-state index in [1.807, 2.05) is 35.9 Å². The van der Waals surface area contributed by atoms with Crippen molar-refractivity contribution in [3.63, 3.8) is 0 Å². The van der Waals surface area contributed by atoms with Crippen LogP contribution in [0.3, 0.4) is 0 Å². The number of benzene rings is 1. The van der Waals surface area contributed by atoms with Gasteiger partial charge < -0.3 is 5.11 Å². The lowest BCUT2D eigenvalue weighted by atomic mass is 10.1. The van der Waals surface area contributed by atoms with Crippen molar-refractivity contribution >= 4 is 10.9 Å². The van der Waals surface area contributed by atoms with E-state index in [0.29, 0.717) is 13.0 Å². The predicted molar refractivity (Wildman–Crippen MR) is 91.1 cm³/mol. The van der Waals surface area contributed by atoms with Gasteiger partial charge in [-0.3, -0.25) is 4.98 Å². The highest BCUT2D eigenvalue weighted by Gasteiger charge is 2.16. The van der Waals surface area contributed by atoms with Gasteiger partial charge in [0, 0.05) is 23.1 Å². The van der Waals surface area contributed by atoms with Gasteiger partial charge in [-0.1, -0.05) is 26.8 Å². The Morgan fingerprint density at radius 3 is 2.78 bits per heavy atom. The van der Waals surface area contributed by atoms with Crippen LogP contribution in [-0.2, 0) is 6.54 Å². The van der Waals surface area contributed by atoms with Crippen molar-refractivity contribution in [2.45, 2.75) is 45.8 Å². The molecule has 0 unspecified atom stereocenters. The molecule has 0 saturated heterocycles. The average Bonchev–Trinajstić information content (AvgIpc) is 2.98. The van der Waals surface area contributed by atoms with Crippen LogP contribution in [-0.4, -0.2) is 31.0 Å². The normalized spacial score (nSPS) is 12.9. The molecule has 5 nitrogen and oxygen atoms in total. The number of aromatic nitrogens is 4. The van der Waals surface area contributed by atoms with Crippen LogP contribution in [0.15, 0.2) is 36.5 Å². The largest absolute Gasteiger partial charge is 0.391 e. The summed E-state index contributed by atoms with van der Waals surface area (Å²) in [6, 6.07) is 10.0. The third-order valence-corrected chi connectivity index (χ3v) is 3.92. The van der Waals surface area contributed by atoms with E-state index < -0.39 is 6.10 Å². The third kappa shape index (κ3) is 3.24. The van der Waals surface area contributed by atoms with Crippen molar-refractivity contribution in [3.8, 4) is 11.4 Å². The molecule has 0 spiro atoms. The Bertz CT molecular complexity index is 810. The molecule has 0 aliphatic rings. The summed E-state index contributed by atoms with van der Waals surface area (Å²) in [7, 11) is 0. The molecule has 1 aromatic carbocycles. The van der Waals surface area contributed by atoms with Gasteiger partial charge in [-0.25, -0.2) is 9.67 Å². The Kier molecular flexibility index (Phi) is 4.39. The van der Waals surface area contributed by atoms with Crippen LogP contribution in [0.1, 0.15) is 38.9 Å². The number of aliphatic hydroxyl groups is 1. The third-order valence-electron chi connectivity index (χ3n) is 3.92. The first kappa shape index (κ1) is 15.6. The van der Waals surface area contributed by atoms with E-state index >= 15 is 0 Å². The van der Waals surface area contributed by atoms with E-state index in [4.69, 9.17) is 4.98 Å². The molecule has 0 aliphatic carbocycles. The fourth-order valence-corrected chi connectivity index (χ4v) is 2.49. The average molecular weight is 310 g/mol. The second kappa shape index (κ2) is 6.46. The maximum absolute atomic E-state index is 10.0. The lowest BCUT2D eigenvalue weighted by Crippen LogP contribution is -2.17. The van der Waals surface area contributed by atoms with Gasteiger partial charge in [0.05, 0.1) is 18.2 Å². The van der Waals surface area contributed by atoms with Crippen molar-refractivity contribution in [2.24, 2.45) is 0 Å². The summed E-state index contributed by atoms with van der Waals surface area (Å²) in [5.41, 5.74) is 1.95. The van der Waals surface area contributed by atoms with E-state index in [0.717, 1.165) is 28.1 Å². The van der Waals surface area contributed by atoms with Crippen molar-refractivity contribution < 1.29 is 5.11 Å². The second-order valence-electron chi connectivity index (χ2n) is 6.10. The van der Waals surface area contributed by atoms with Crippen molar-refractivity contribution in [1.82, 2.24) is 19.7 Å². The van der Waals surface area contributed by atoms with E-state index in [9.17, 15) is 5.11 Å². The standard InChI is InChI=1S/C18H22N4O/c1-4-15(23)11-22-18(20-17(21-22)12(2)3)14-7-8-16-13(10-14)6-5-9-19-16/h5-10,12,15,23H,4,11H2,1-3H3/t15-/m0/s1. The van der Waals surface area contributed by atoms with Crippen LogP contribution >= 0.6 is 0 Å². The molecular weight excluding hydrogens is 288 g/mol. The summed E-state index contributed by atoms with van der Waals surface area (Å²) >= 11 is 0. The molecule has 120 valence electrons. The summed E-state index contributed by atoms with van der Waals surface area (Å²) < 4.78 is 1.82. The topological polar surface area (TPSA) is 63.8 Å². The molecule has 0 amide bonds. The molecule has 3 rings (SSSR count). The highest BCUT2D eigenvalue weighted by Crippen LogP contribution is 2.24. The van der Waals surface area contributed by atoms with Gasteiger partial charge in [0.25, 0.3) is 0 Å². The molecule has 23 heavy (non-hydrogen) atoms. The van der Waals surface area contributed by atoms with Crippen LogP contribution in [0.4, 0.5) is 0 Å². The lowest BCUT2D eigenvalue weighted by molar-refractivity contribution is 0.145. The van der Waals surface area contributed by atoms with Gasteiger partial charge in [-0.2, -0.15) is 5.10 Å². The van der Waals surface area contributed by atoms with Gasteiger partial charge in [-0.05, 0) is 30.7 Å². The summed E-state index contributed by atoms with van der Waals surface area (Å²) in [6.45, 7) is 6.57. The second-order valence-corrected chi connectivity index (χ2v) is 6.10. The molecule has 0 fully saturated rings. The highest BCUT2D eigenvalue weighted by atomic mass is 16.3. The Morgan fingerprint density at radius 2 is 2.04 bits per heavy atom. The maximum atomic E-state index is 10.0. The molecule has 0 saturated carbocycles. The van der Waals surface area contributed by atoms with Crippen molar-refractivity contribution in [2.75, 3.05) is 0 Å². The summed E-state index contributed by atoms with van der Waals surface area (Å²) in [5, 5.41) is 15.7. The van der Waals surface area contributed by atoms with Gasteiger partial charge in [0.2, 0.25) is 0 Å². The molecule has 2 aromatic heterocycles. The van der Waals surface area contributed by atoms with Gasteiger partial charge in [0.1, 0.15) is 0 Å². The number of pyridine rings is 1. The zero-order chi connectivity index (χ0) is 16.4. The molecule has 3 aromatic rings. The Morgan fingerprint density at radius 1 is 1.22 bits per heavy atom. The molecule has 2 heterocycles. The van der Waals surface area contributed by atoms with Gasteiger partial charge in [0.15, 0.2) is 11.6 Å². The zero-order valence-corrected chi connectivity index (χ0v) is 13.8. The Balaban J connectivity index is 2.08. The Hall–Kier alpha value is -2.27. The number of fused-ring (bicyclic) bond motifs is 1. The summed E-state index contributed by atoms with van der Waals surface area (Å²) in [4.78, 5) is 9.05. The molecule has 0 radical (unpaired) electrons. The molecular formula is C18H22N4O. The first-order valence-corrected chi connectivity index (χ1v) is 8.06. The minimum atomic E-state index is -0.419. The zero-order valence-electron chi connectivity index (χ0n) is 13.8. The van der Waals surface area contributed by atoms with Gasteiger partial charge >= 0.3 is 0 Å². The molecule has 1 atom stereocenters. The minimum absolute atomic E-state index is 0.246. The summed E-state index contributed by atoms with van der Waals surface area (Å²) in [6.07, 6.45) is 2.06. The predicted octanol–water partition coefficient (Wildman–Crippen LogP) is 3.39. The van der Waals surface area contributed by atoms with Crippen LogP contribution in [0, 0.1) is 0 Å². The molecule has 0 aliphatic heterocycles. The molecule has 5 heteroatoms. The van der Waals surface area contributed by atoms with E-state index in [1.54, 1.807) is 6.20 Å². The first-order chi connectivity index (χ1) is 11.1. The van der Waals surface area contributed by atoms with Crippen LogP contribution < -0.4 is 0 Å². The van der Waals surface area contributed by atoms with E-state index in [1.165, 1.54) is 0 Å². The highest BCUT2D eigenvalue weighted by molar-refractivity contribution is 5.83. The maximum Gasteiger partial charge on any atom is 0.158 e. The SMILES string of the molecule is CC[C@H](O)Cn1nc(C(C)C)nc1-c1ccc2ncccc2c1. The first-order valence-electron chi connectivity index (χ1n) is 8.06. The van der Waals surface area contributed by atoms with Crippen LogP contribution in [0.2, 0.25) is 0 Å². The number of nitrogens with zero attached hydrogens (tertiary/aromatic N) is 4. The number of rotatable bonds is 5. The summed E-state index contributed by atoms with van der Waals surface area (Å²) in [5.74, 6) is 1.84. The van der Waals surface area contributed by atoms with Crippen LogP contribution in [0.5, 0.6) is 0 Å². The van der Waals surface area contributed by atoms with Crippen LogP contribution in [0.25, 0.3) is 22.3 Å².